The van der Waals surface area contributed by atoms with E-state index in [1.54, 1.807) is 6.07 Å². The summed E-state index contributed by atoms with van der Waals surface area (Å²) in [5.74, 6) is -1.42. The molecule has 1 aromatic carbocycles. The van der Waals surface area contributed by atoms with Gasteiger partial charge in [-0.3, -0.25) is 10.1 Å². The van der Waals surface area contributed by atoms with E-state index in [-0.39, 0.29) is 16.5 Å². The van der Waals surface area contributed by atoms with Crippen molar-refractivity contribution >= 4 is 35.6 Å². The number of imide groups is 1. The van der Waals surface area contributed by atoms with Crippen molar-refractivity contribution in [2.75, 3.05) is 6.61 Å². The summed E-state index contributed by atoms with van der Waals surface area (Å²) in [6, 6.07) is 3.96. The van der Waals surface area contributed by atoms with Crippen LogP contribution in [0.25, 0.3) is 6.08 Å². The monoisotopic (exact) mass is 296 g/mol. The molecule has 1 heterocycles. The highest BCUT2D eigenvalue weighted by Gasteiger charge is 2.22. The lowest BCUT2D eigenvalue weighted by atomic mass is 10.2. The number of carboxylic acids is 1. The summed E-state index contributed by atoms with van der Waals surface area (Å²) in [6.45, 7) is -0.501. The van der Waals surface area contributed by atoms with Crippen molar-refractivity contribution in [3.8, 4) is 5.75 Å². The molecule has 0 unspecified atom stereocenters. The zero-order chi connectivity index (χ0) is 14.7. The van der Waals surface area contributed by atoms with Crippen molar-refractivity contribution in [1.82, 2.24) is 10.6 Å². The average Bonchev–Trinajstić information content (AvgIpc) is 2.66. The van der Waals surface area contributed by atoms with Crippen LogP contribution in [0.2, 0.25) is 5.02 Å². The van der Waals surface area contributed by atoms with E-state index in [1.807, 2.05) is 0 Å². The van der Waals surface area contributed by atoms with Crippen molar-refractivity contribution in [3.05, 3.63) is 34.5 Å². The van der Waals surface area contributed by atoms with E-state index in [4.69, 9.17) is 21.4 Å². The van der Waals surface area contributed by atoms with Gasteiger partial charge < -0.3 is 15.2 Å². The Kier molecular flexibility index (Phi) is 3.90. The summed E-state index contributed by atoms with van der Waals surface area (Å²) in [6.07, 6.45) is 1.44. The highest BCUT2D eigenvalue weighted by atomic mass is 35.5. The number of carboxylic acid groups (broad SMARTS) is 1. The predicted molar refractivity (Wildman–Crippen MR) is 69.2 cm³/mol. The van der Waals surface area contributed by atoms with E-state index in [0.29, 0.717) is 5.56 Å². The number of aliphatic carboxylic acids is 1. The van der Waals surface area contributed by atoms with Crippen LogP contribution in [0.5, 0.6) is 5.75 Å². The average molecular weight is 297 g/mol. The minimum atomic E-state index is -1.11. The maximum Gasteiger partial charge on any atom is 0.341 e. The summed E-state index contributed by atoms with van der Waals surface area (Å²) in [5.41, 5.74) is 0.662. The molecule has 1 aliphatic heterocycles. The van der Waals surface area contributed by atoms with Gasteiger partial charge in [-0.25, -0.2) is 9.59 Å². The summed E-state index contributed by atoms with van der Waals surface area (Å²) in [4.78, 5) is 32.7. The van der Waals surface area contributed by atoms with Gasteiger partial charge >= 0.3 is 12.0 Å². The van der Waals surface area contributed by atoms with E-state index >= 15 is 0 Å². The molecular weight excluding hydrogens is 288 g/mol. The Morgan fingerprint density at radius 3 is 2.65 bits per heavy atom. The van der Waals surface area contributed by atoms with Crippen LogP contribution in [-0.4, -0.2) is 29.6 Å². The van der Waals surface area contributed by atoms with Gasteiger partial charge in [0, 0.05) is 0 Å². The minimum absolute atomic E-state index is 0.102. The van der Waals surface area contributed by atoms with Gasteiger partial charge in [0.15, 0.2) is 6.61 Å². The summed E-state index contributed by atoms with van der Waals surface area (Å²) < 4.78 is 4.96. The van der Waals surface area contributed by atoms with Crippen LogP contribution in [0.1, 0.15) is 5.56 Å². The lowest BCUT2D eigenvalue weighted by Gasteiger charge is -2.06. The fourth-order valence-electron chi connectivity index (χ4n) is 1.51. The predicted octanol–water partition coefficient (Wildman–Crippen LogP) is 0.984. The smallest absolute Gasteiger partial charge is 0.341 e. The van der Waals surface area contributed by atoms with Crippen LogP contribution in [0.15, 0.2) is 23.9 Å². The lowest BCUT2D eigenvalue weighted by Crippen LogP contribution is -2.22. The Labute approximate surface area is 118 Å². The van der Waals surface area contributed by atoms with Crippen molar-refractivity contribution in [2.24, 2.45) is 0 Å². The fourth-order valence-corrected chi connectivity index (χ4v) is 1.76. The first-order valence-corrected chi connectivity index (χ1v) is 5.81. The highest BCUT2D eigenvalue weighted by molar-refractivity contribution is 6.32. The van der Waals surface area contributed by atoms with Crippen molar-refractivity contribution in [2.45, 2.75) is 0 Å². The molecule has 0 bridgehead atoms. The molecule has 1 fully saturated rings. The molecule has 7 nitrogen and oxygen atoms in total. The van der Waals surface area contributed by atoms with Gasteiger partial charge in [-0.1, -0.05) is 17.7 Å². The largest absolute Gasteiger partial charge is 0.480 e. The molecular formula is C12H9ClN2O5. The number of hydrogen-bond donors (Lipinski definition) is 3. The molecule has 0 aliphatic carbocycles. The van der Waals surface area contributed by atoms with Crippen LogP contribution in [-0.2, 0) is 9.59 Å². The number of hydrogen-bond acceptors (Lipinski definition) is 4. The third-order valence-corrected chi connectivity index (χ3v) is 2.63. The second kappa shape index (κ2) is 5.62. The van der Waals surface area contributed by atoms with E-state index in [2.05, 4.69) is 10.6 Å². The number of nitrogens with one attached hydrogen (secondary N) is 2. The second-order valence-electron chi connectivity index (χ2n) is 3.84. The number of urea groups is 1. The first-order valence-electron chi connectivity index (χ1n) is 5.44. The number of carbonyl (C=O) groups excluding carboxylic acids is 2. The Morgan fingerprint density at radius 2 is 2.10 bits per heavy atom. The molecule has 0 spiro atoms. The standard InChI is InChI=1S/C12H9ClN2O5/c13-7-3-6(1-2-9(7)20-5-10(16)17)4-8-11(18)15-12(19)14-8/h1-4H,5H2,(H,16,17)(H2,14,15,18,19)/b8-4+. The molecule has 20 heavy (non-hydrogen) atoms. The number of ether oxygens (including phenoxy) is 1. The SMILES string of the molecule is O=C(O)COc1ccc(/C=C2/NC(=O)NC2=O)cc1Cl. The Morgan fingerprint density at radius 1 is 1.35 bits per heavy atom. The van der Waals surface area contributed by atoms with Gasteiger partial charge in [-0.15, -0.1) is 0 Å². The van der Waals surface area contributed by atoms with Gasteiger partial charge in [0.1, 0.15) is 11.4 Å². The first kappa shape index (κ1) is 13.9. The van der Waals surface area contributed by atoms with E-state index in [0.717, 1.165) is 0 Å². The van der Waals surface area contributed by atoms with Gasteiger partial charge in [0.2, 0.25) is 0 Å². The molecule has 1 aromatic rings. The third kappa shape index (κ3) is 3.27. The molecule has 0 saturated carbocycles. The second-order valence-corrected chi connectivity index (χ2v) is 4.25. The molecule has 2 rings (SSSR count). The Hall–Kier alpha value is -2.54. The van der Waals surface area contributed by atoms with E-state index in [9.17, 15) is 14.4 Å². The molecule has 0 atom stereocenters. The van der Waals surface area contributed by atoms with E-state index < -0.39 is 24.5 Å². The fraction of sp³-hybridized carbons (Fsp3) is 0.0833. The number of benzene rings is 1. The molecule has 8 heteroatoms. The third-order valence-electron chi connectivity index (χ3n) is 2.34. The minimum Gasteiger partial charge on any atom is -0.480 e. The topological polar surface area (TPSA) is 105 Å². The molecule has 0 aromatic heterocycles. The maximum atomic E-state index is 11.3. The first-order chi connectivity index (χ1) is 9.45. The molecule has 3 amide bonds. The zero-order valence-corrected chi connectivity index (χ0v) is 10.7. The highest BCUT2D eigenvalue weighted by Crippen LogP contribution is 2.26. The zero-order valence-electron chi connectivity index (χ0n) is 9.97. The quantitative estimate of drug-likeness (QED) is 0.567. The molecule has 104 valence electrons. The van der Waals surface area contributed by atoms with E-state index in [1.165, 1.54) is 18.2 Å². The van der Waals surface area contributed by atoms with Gasteiger partial charge in [-0.05, 0) is 23.8 Å². The Bertz CT molecular complexity index is 626. The van der Waals surface area contributed by atoms with Crippen LogP contribution in [0.4, 0.5) is 4.79 Å². The van der Waals surface area contributed by atoms with Crippen molar-refractivity contribution in [3.63, 3.8) is 0 Å². The molecule has 3 N–H and O–H groups in total. The molecule has 1 aliphatic rings. The normalized spacial score (nSPS) is 15.9. The Balaban J connectivity index is 2.17. The van der Waals surface area contributed by atoms with Gasteiger partial charge in [0.25, 0.3) is 5.91 Å². The van der Waals surface area contributed by atoms with Crippen molar-refractivity contribution < 1.29 is 24.2 Å². The number of halogens is 1. The summed E-state index contributed by atoms with van der Waals surface area (Å²) in [5, 5.41) is 13.1. The van der Waals surface area contributed by atoms with Gasteiger partial charge in [-0.2, -0.15) is 0 Å². The van der Waals surface area contributed by atoms with Gasteiger partial charge in [0.05, 0.1) is 5.02 Å². The number of carbonyl (C=O) groups is 3. The maximum absolute atomic E-state index is 11.3. The van der Waals surface area contributed by atoms with Crippen LogP contribution < -0.4 is 15.4 Å². The summed E-state index contributed by atoms with van der Waals surface area (Å²) in [7, 11) is 0. The number of rotatable bonds is 4. The molecule has 0 radical (unpaired) electrons. The van der Waals surface area contributed by atoms with Crippen LogP contribution >= 0.6 is 11.6 Å². The lowest BCUT2D eigenvalue weighted by molar-refractivity contribution is -0.139. The summed E-state index contributed by atoms with van der Waals surface area (Å²) >= 11 is 5.93. The molecule has 1 saturated heterocycles. The van der Waals surface area contributed by atoms with Crippen LogP contribution in [0.3, 0.4) is 0 Å². The van der Waals surface area contributed by atoms with Crippen molar-refractivity contribution in [1.29, 1.82) is 0 Å². The van der Waals surface area contributed by atoms with Crippen LogP contribution in [0, 0.1) is 0 Å². The number of amides is 3.